The van der Waals surface area contributed by atoms with Gasteiger partial charge in [-0.3, -0.25) is 10.4 Å². The van der Waals surface area contributed by atoms with Crippen LogP contribution in [0.15, 0.2) is 67.0 Å². The van der Waals surface area contributed by atoms with E-state index in [9.17, 15) is 0 Å². The van der Waals surface area contributed by atoms with Crippen LogP contribution in [0, 0.1) is 0 Å². The maximum absolute atomic E-state index is 6.36. The number of nitrogens with one attached hydrogen (secondary N) is 1. The zero-order chi connectivity index (χ0) is 21.6. The summed E-state index contributed by atoms with van der Waals surface area (Å²) in [6, 6.07) is 19.4. The SMILES string of the molecule is CC(C)NN1CCN(c2ccc(/C=C/c3cc(Cl)cc(-c4ccncc4)c3)cc2)CC1. The van der Waals surface area contributed by atoms with Gasteiger partial charge in [0.15, 0.2) is 0 Å². The molecule has 2 aromatic carbocycles. The summed E-state index contributed by atoms with van der Waals surface area (Å²) in [6.45, 7) is 8.51. The number of halogens is 1. The fourth-order valence-electron chi connectivity index (χ4n) is 3.87. The van der Waals surface area contributed by atoms with Gasteiger partial charge in [0.2, 0.25) is 0 Å². The van der Waals surface area contributed by atoms with E-state index in [4.69, 9.17) is 11.6 Å². The van der Waals surface area contributed by atoms with Crippen molar-refractivity contribution in [2.45, 2.75) is 19.9 Å². The van der Waals surface area contributed by atoms with Crippen LogP contribution in [-0.4, -0.2) is 42.2 Å². The van der Waals surface area contributed by atoms with Gasteiger partial charge in [0.1, 0.15) is 0 Å². The standard InChI is InChI=1S/C26H29ClN4/c1-20(2)29-31-15-13-30(14-16-31)26-7-5-21(6-8-26)3-4-22-17-24(19-25(27)18-22)23-9-11-28-12-10-23/h3-12,17-20,29H,13-16H2,1-2H3/b4-3+. The van der Waals surface area contributed by atoms with Crippen molar-refractivity contribution in [2.75, 3.05) is 31.1 Å². The van der Waals surface area contributed by atoms with Crippen LogP contribution in [0.4, 0.5) is 5.69 Å². The van der Waals surface area contributed by atoms with Gasteiger partial charge in [0.25, 0.3) is 0 Å². The molecule has 0 spiro atoms. The van der Waals surface area contributed by atoms with Crippen molar-refractivity contribution in [3.8, 4) is 11.1 Å². The van der Waals surface area contributed by atoms with Crippen LogP contribution < -0.4 is 10.3 Å². The summed E-state index contributed by atoms with van der Waals surface area (Å²) in [6.07, 6.45) is 7.85. The Balaban J connectivity index is 1.41. The molecule has 2 heterocycles. The van der Waals surface area contributed by atoms with E-state index in [0.717, 1.165) is 47.9 Å². The van der Waals surface area contributed by atoms with Gasteiger partial charge in [-0.05, 0) is 78.6 Å². The summed E-state index contributed by atoms with van der Waals surface area (Å²) in [5.41, 5.74) is 9.24. The van der Waals surface area contributed by atoms with Crippen LogP contribution in [0.25, 0.3) is 23.3 Å². The molecular weight excluding hydrogens is 404 g/mol. The van der Waals surface area contributed by atoms with E-state index in [1.165, 1.54) is 11.3 Å². The number of pyridine rings is 1. The van der Waals surface area contributed by atoms with Gasteiger partial charge in [0.05, 0.1) is 0 Å². The lowest BCUT2D eigenvalue weighted by atomic mass is 10.0. The van der Waals surface area contributed by atoms with E-state index < -0.39 is 0 Å². The molecule has 5 heteroatoms. The highest BCUT2D eigenvalue weighted by molar-refractivity contribution is 6.31. The third kappa shape index (κ3) is 5.95. The Bertz CT molecular complexity index is 1010. The number of rotatable bonds is 6. The average molecular weight is 433 g/mol. The van der Waals surface area contributed by atoms with E-state index in [1.54, 1.807) is 12.4 Å². The van der Waals surface area contributed by atoms with Crippen LogP contribution in [-0.2, 0) is 0 Å². The molecule has 0 atom stereocenters. The number of aromatic nitrogens is 1. The minimum absolute atomic E-state index is 0.484. The quantitative estimate of drug-likeness (QED) is 0.513. The number of hydrazine groups is 1. The molecule has 1 N–H and O–H groups in total. The van der Waals surface area contributed by atoms with Crippen molar-refractivity contribution in [2.24, 2.45) is 0 Å². The minimum Gasteiger partial charge on any atom is -0.369 e. The molecule has 3 aromatic rings. The number of nitrogens with zero attached hydrogens (tertiary/aromatic N) is 3. The molecule has 0 saturated carbocycles. The van der Waals surface area contributed by atoms with Gasteiger partial charge < -0.3 is 4.90 Å². The lowest BCUT2D eigenvalue weighted by Crippen LogP contribution is -2.53. The Labute approximate surface area is 190 Å². The van der Waals surface area contributed by atoms with Gasteiger partial charge in [-0.15, -0.1) is 0 Å². The van der Waals surface area contributed by atoms with E-state index in [1.807, 2.05) is 24.3 Å². The van der Waals surface area contributed by atoms with Crippen molar-refractivity contribution in [1.29, 1.82) is 0 Å². The molecule has 4 nitrogen and oxygen atoms in total. The first kappa shape index (κ1) is 21.6. The fraction of sp³-hybridized carbons (Fsp3) is 0.269. The molecule has 0 radical (unpaired) electrons. The van der Waals surface area contributed by atoms with Crippen molar-refractivity contribution in [3.05, 3.63) is 83.1 Å². The third-order valence-electron chi connectivity index (χ3n) is 5.38. The third-order valence-corrected chi connectivity index (χ3v) is 5.60. The molecule has 1 saturated heterocycles. The second-order valence-electron chi connectivity index (χ2n) is 8.19. The van der Waals surface area contributed by atoms with Crippen LogP contribution in [0.3, 0.4) is 0 Å². The predicted octanol–water partition coefficient (Wildman–Crippen LogP) is 5.61. The maximum atomic E-state index is 6.36. The van der Waals surface area contributed by atoms with Crippen molar-refractivity contribution in [3.63, 3.8) is 0 Å². The van der Waals surface area contributed by atoms with Gasteiger partial charge >= 0.3 is 0 Å². The lowest BCUT2D eigenvalue weighted by Gasteiger charge is -2.37. The number of benzene rings is 2. The lowest BCUT2D eigenvalue weighted by molar-refractivity contribution is 0.157. The highest BCUT2D eigenvalue weighted by atomic mass is 35.5. The second kappa shape index (κ2) is 10.1. The maximum Gasteiger partial charge on any atom is 0.0418 e. The number of hydrogen-bond acceptors (Lipinski definition) is 4. The molecule has 1 fully saturated rings. The Morgan fingerprint density at radius 2 is 1.52 bits per heavy atom. The topological polar surface area (TPSA) is 31.4 Å². The van der Waals surface area contributed by atoms with Crippen LogP contribution in [0.2, 0.25) is 5.02 Å². The average Bonchev–Trinajstić information content (AvgIpc) is 2.78. The van der Waals surface area contributed by atoms with Gasteiger partial charge in [0, 0.05) is 55.3 Å². The second-order valence-corrected chi connectivity index (χ2v) is 8.63. The normalized spacial score (nSPS) is 15.2. The molecular formula is C26H29ClN4. The van der Waals surface area contributed by atoms with E-state index in [2.05, 4.69) is 76.6 Å². The van der Waals surface area contributed by atoms with Gasteiger partial charge in [-0.25, -0.2) is 5.01 Å². The highest BCUT2D eigenvalue weighted by Gasteiger charge is 2.17. The molecule has 0 aliphatic carbocycles. The van der Waals surface area contributed by atoms with Crippen molar-refractivity contribution >= 4 is 29.4 Å². The zero-order valence-electron chi connectivity index (χ0n) is 18.1. The van der Waals surface area contributed by atoms with E-state index in [0.29, 0.717) is 6.04 Å². The van der Waals surface area contributed by atoms with Crippen molar-refractivity contribution in [1.82, 2.24) is 15.4 Å². The van der Waals surface area contributed by atoms with Crippen LogP contribution in [0.1, 0.15) is 25.0 Å². The predicted molar refractivity (Wildman–Crippen MR) is 132 cm³/mol. The fourth-order valence-corrected chi connectivity index (χ4v) is 4.11. The summed E-state index contributed by atoms with van der Waals surface area (Å²) in [7, 11) is 0. The molecule has 4 rings (SSSR count). The summed E-state index contributed by atoms with van der Waals surface area (Å²) in [5, 5.41) is 3.05. The summed E-state index contributed by atoms with van der Waals surface area (Å²) in [4.78, 5) is 6.54. The van der Waals surface area contributed by atoms with Gasteiger partial charge in [-0.2, -0.15) is 0 Å². The summed E-state index contributed by atoms with van der Waals surface area (Å²) >= 11 is 6.36. The molecule has 1 aliphatic rings. The first-order valence-corrected chi connectivity index (χ1v) is 11.2. The first-order valence-electron chi connectivity index (χ1n) is 10.8. The summed E-state index contributed by atoms with van der Waals surface area (Å²) in [5.74, 6) is 0. The molecule has 160 valence electrons. The van der Waals surface area contributed by atoms with E-state index in [-0.39, 0.29) is 0 Å². The van der Waals surface area contributed by atoms with Crippen LogP contribution in [0.5, 0.6) is 0 Å². The molecule has 1 aromatic heterocycles. The zero-order valence-corrected chi connectivity index (χ0v) is 18.9. The molecule has 0 unspecified atom stereocenters. The Morgan fingerprint density at radius 1 is 0.839 bits per heavy atom. The Morgan fingerprint density at radius 3 is 2.19 bits per heavy atom. The monoisotopic (exact) mass is 432 g/mol. The van der Waals surface area contributed by atoms with Crippen LogP contribution >= 0.6 is 11.6 Å². The number of hydrogen-bond donors (Lipinski definition) is 1. The number of anilines is 1. The Kier molecular flexibility index (Phi) is 7.03. The first-order chi connectivity index (χ1) is 15.1. The number of piperazine rings is 1. The highest BCUT2D eigenvalue weighted by Crippen LogP contribution is 2.26. The van der Waals surface area contributed by atoms with Crippen molar-refractivity contribution < 1.29 is 0 Å². The molecule has 0 amide bonds. The largest absolute Gasteiger partial charge is 0.369 e. The molecule has 0 bridgehead atoms. The minimum atomic E-state index is 0.484. The molecule has 1 aliphatic heterocycles. The van der Waals surface area contributed by atoms with Gasteiger partial charge in [-0.1, -0.05) is 35.9 Å². The summed E-state index contributed by atoms with van der Waals surface area (Å²) < 4.78 is 0. The van der Waals surface area contributed by atoms with E-state index >= 15 is 0 Å². The smallest absolute Gasteiger partial charge is 0.0418 e. The Hall–Kier alpha value is -2.66. The molecule has 31 heavy (non-hydrogen) atoms.